The predicted octanol–water partition coefficient (Wildman–Crippen LogP) is 1.68. The fourth-order valence-electron chi connectivity index (χ4n) is 3.66. The van der Waals surface area contributed by atoms with E-state index in [-0.39, 0.29) is 29.9 Å². The second-order valence-corrected chi connectivity index (χ2v) is 7.02. The first-order chi connectivity index (χ1) is 12.0. The lowest BCUT2D eigenvalue weighted by Gasteiger charge is -2.36. The van der Waals surface area contributed by atoms with E-state index in [1.54, 1.807) is 12.0 Å². The number of carbonyl (C=O) groups excluding carboxylic acids is 2. The molecule has 0 radical (unpaired) electrons. The Labute approximate surface area is 148 Å². The van der Waals surface area contributed by atoms with E-state index < -0.39 is 0 Å². The Bertz CT molecular complexity index is 621. The minimum absolute atomic E-state index is 0.0419. The SMILES string of the molecule is COc1ccc(CN2C[C@H](C(=O)N3C[C@@H](C)O[C@@H](C)C3)CC2=O)cc1. The van der Waals surface area contributed by atoms with Crippen molar-refractivity contribution in [3.8, 4) is 5.75 Å². The summed E-state index contributed by atoms with van der Waals surface area (Å²) in [6.45, 7) is 6.18. The number of rotatable bonds is 4. The zero-order valence-corrected chi connectivity index (χ0v) is 15.1. The second kappa shape index (κ2) is 7.44. The Morgan fingerprint density at radius 2 is 1.80 bits per heavy atom. The Balaban J connectivity index is 1.60. The van der Waals surface area contributed by atoms with Gasteiger partial charge < -0.3 is 19.3 Å². The summed E-state index contributed by atoms with van der Waals surface area (Å²) in [6.07, 6.45) is 0.384. The number of methoxy groups -OCH3 is 1. The quantitative estimate of drug-likeness (QED) is 0.832. The number of hydrogen-bond donors (Lipinski definition) is 0. The molecule has 1 aromatic carbocycles. The van der Waals surface area contributed by atoms with Crippen LogP contribution in [0.4, 0.5) is 0 Å². The maximum Gasteiger partial charge on any atom is 0.228 e. The van der Waals surface area contributed by atoms with Gasteiger partial charge in [0.2, 0.25) is 11.8 Å². The molecule has 2 aliphatic rings. The number of benzene rings is 1. The average Bonchev–Trinajstić information content (AvgIpc) is 2.94. The molecule has 0 spiro atoms. The fraction of sp³-hybridized carbons (Fsp3) is 0.579. The van der Waals surface area contributed by atoms with Crippen molar-refractivity contribution in [2.75, 3.05) is 26.7 Å². The summed E-state index contributed by atoms with van der Waals surface area (Å²) in [6, 6.07) is 7.67. The number of likely N-dealkylation sites (tertiary alicyclic amines) is 1. The highest BCUT2D eigenvalue weighted by molar-refractivity contribution is 5.89. The van der Waals surface area contributed by atoms with Gasteiger partial charge in [-0.2, -0.15) is 0 Å². The highest BCUT2D eigenvalue weighted by Gasteiger charge is 2.38. The van der Waals surface area contributed by atoms with Crippen molar-refractivity contribution < 1.29 is 19.1 Å². The molecule has 0 aromatic heterocycles. The van der Waals surface area contributed by atoms with Gasteiger partial charge in [0.05, 0.1) is 25.2 Å². The molecule has 0 unspecified atom stereocenters. The molecule has 6 nitrogen and oxygen atoms in total. The zero-order valence-electron chi connectivity index (χ0n) is 15.1. The van der Waals surface area contributed by atoms with Gasteiger partial charge in [0.1, 0.15) is 5.75 Å². The van der Waals surface area contributed by atoms with Crippen LogP contribution in [0.15, 0.2) is 24.3 Å². The molecule has 0 aliphatic carbocycles. The lowest BCUT2D eigenvalue weighted by atomic mass is 10.1. The van der Waals surface area contributed by atoms with Gasteiger partial charge in [0.25, 0.3) is 0 Å². The summed E-state index contributed by atoms with van der Waals surface area (Å²) >= 11 is 0. The minimum atomic E-state index is -0.247. The molecular weight excluding hydrogens is 320 g/mol. The van der Waals surface area contributed by atoms with Crippen molar-refractivity contribution in [3.05, 3.63) is 29.8 Å². The molecule has 2 saturated heterocycles. The maximum absolute atomic E-state index is 12.8. The second-order valence-electron chi connectivity index (χ2n) is 7.02. The largest absolute Gasteiger partial charge is 0.497 e. The molecule has 1 aromatic rings. The molecule has 25 heavy (non-hydrogen) atoms. The molecule has 0 N–H and O–H groups in total. The van der Waals surface area contributed by atoms with Crippen LogP contribution in [0.3, 0.4) is 0 Å². The topological polar surface area (TPSA) is 59.1 Å². The molecule has 2 amide bonds. The van der Waals surface area contributed by atoms with Crippen LogP contribution in [0.2, 0.25) is 0 Å². The lowest BCUT2D eigenvalue weighted by molar-refractivity contribution is -0.147. The van der Waals surface area contributed by atoms with Crippen molar-refractivity contribution >= 4 is 11.8 Å². The Morgan fingerprint density at radius 1 is 1.16 bits per heavy atom. The normalized spacial score (nSPS) is 26.8. The summed E-state index contributed by atoms with van der Waals surface area (Å²) in [7, 11) is 1.63. The summed E-state index contributed by atoms with van der Waals surface area (Å²) in [4.78, 5) is 28.8. The molecule has 0 bridgehead atoms. The third-order valence-electron chi connectivity index (χ3n) is 4.83. The summed E-state index contributed by atoms with van der Waals surface area (Å²) in [5.74, 6) is 0.666. The Kier molecular flexibility index (Phi) is 5.27. The van der Waals surface area contributed by atoms with E-state index >= 15 is 0 Å². The number of ether oxygens (including phenoxy) is 2. The van der Waals surface area contributed by atoms with Crippen molar-refractivity contribution in [3.63, 3.8) is 0 Å². The summed E-state index contributed by atoms with van der Waals surface area (Å²) in [5.41, 5.74) is 1.04. The van der Waals surface area contributed by atoms with E-state index in [4.69, 9.17) is 9.47 Å². The molecule has 3 atom stereocenters. The van der Waals surface area contributed by atoms with E-state index in [0.29, 0.717) is 32.6 Å². The summed E-state index contributed by atoms with van der Waals surface area (Å²) in [5, 5.41) is 0. The number of amides is 2. The van der Waals surface area contributed by atoms with Gasteiger partial charge in [-0.3, -0.25) is 9.59 Å². The molecule has 2 fully saturated rings. The Hall–Kier alpha value is -2.08. The highest BCUT2D eigenvalue weighted by atomic mass is 16.5. The predicted molar refractivity (Wildman–Crippen MR) is 93.1 cm³/mol. The lowest BCUT2D eigenvalue weighted by Crippen LogP contribution is -2.50. The van der Waals surface area contributed by atoms with Gasteiger partial charge in [-0.25, -0.2) is 0 Å². The average molecular weight is 346 g/mol. The zero-order chi connectivity index (χ0) is 18.0. The monoisotopic (exact) mass is 346 g/mol. The number of morpholine rings is 1. The number of nitrogens with zero attached hydrogens (tertiary/aromatic N) is 2. The third-order valence-corrected chi connectivity index (χ3v) is 4.83. The van der Waals surface area contributed by atoms with Gasteiger partial charge >= 0.3 is 0 Å². The minimum Gasteiger partial charge on any atom is -0.497 e. The standard InChI is InChI=1S/C19H26N2O4/c1-13-9-21(10-14(2)25-13)19(23)16-8-18(22)20(12-16)11-15-4-6-17(24-3)7-5-15/h4-7,13-14,16H,8-12H2,1-3H3/t13-,14+,16-/m1/s1. The van der Waals surface area contributed by atoms with E-state index in [2.05, 4.69) is 0 Å². The van der Waals surface area contributed by atoms with Crippen molar-refractivity contribution in [2.45, 2.75) is 39.0 Å². The highest BCUT2D eigenvalue weighted by Crippen LogP contribution is 2.24. The first-order valence-electron chi connectivity index (χ1n) is 8.81. The first-order valence-corrected chi connectivity index (χ1v) is 8.81. The van der Waals surface area contributed by atoms with Crippen molar-refractivity contribution in [2.24, 2.45) is 5.92 Å². The summed E-state index contributed by atoms with van der Waals surface area (Å²) < 4.78 is 10.8. The smallest absolute Gasteiger partial charge is 0.228 e. The van der Waals surface area contributed by atoms with Crippen LogP contribution >= 0.6 is 0 Å². The van der Waals surface area contributed by atoms with Crippen LogP contribution in [0, 0.1) is 5.92 Å². The van der Waals surface area contributed by atoms with Crippen LogP contribution in [-0.4, -0.2) is 60.6 Å². The van der Waals surface area contributed by atoms with Gasteiger partial charge in [-0.1, -0.05) is 12.1 Å². The van der Waals surface area contributed by atoms with Gasteiger partial charge in [0.15, 0.2) is 0 Å². The van der Waals surface area contributed by atoms with E-state index in [0.717, 1.165) is 11.3 Å². The molecule has 136 valence electrons. The van der Waals surface area contributed by atoms with Crippen LogP contribution in [0.1, 0.15) is 25.8 Å². The molecule has 3 rings (SSSR count). The van der Waals surface area contributed by atoms with E-state index in [1.807, 2.05) is 43.0 Å². The van der Waals surface area contributed by atoms with Gasteiger partial charge in [-0.05, 0) is 31.5 Å². The van der Waals surface area contributed by atoms with Crippen LogP contribution in [0.25, 0.3) is 0 Å². The molecular formula is C19H26N2O4. The van der Waals surface area contributed by atoms with Crippen molar-refractivity contribution in [1.82, 2.24) is 9.80 Å². The Morgan fingerprint density at radius 3 is 2.40 bits per heavy atom. The number of carbonyl (C=O) groups is 2. The molecule has 2 heterocycles. The van der Waals surface area contributed by atoms with Gasteiger partial charge in [-0.15, -0.1) is 0 Å². The maximum atomic E-state index is 12.8. The number of hydrogen-bond acceptors (Lipinski definition) is 4. The molecule has 2 aliphatic heterocycles. The van der Waals surface area contributed by atoms with E-state index in [9.17, 15) is 9.59 Å². The van der Waals surface area contributed by atoms with Crippen LogP contribution in [-0.2, 0) is 20.9 Å². The van der Waals surface area contributed by atoms with Crippen LogP contribution in [0.5, 0.6) is 5.75 Å². The first kappa shape index (κ1) is 17.7. The molecule has 6 heteroatoms. The van der Waals surface area contributed by atoms with Crippen LogP contribution < -0.4 is 4.74 Å². The van der Waals surface area contributed by atoms with E-state index in [1.165, 1.54) is 0 Å². The van der Waals surface area contributed by atoms with Crippen molar-refractivity contribution in [1.29, 1.82) is 0 Å². The fourth-order valence-corrected chi connectivity index (χ4v) is 3.66. The third kappa shape index (κ3) is 4.12. The molecule has 0 saturated carbocycles. The van der Waals surface area contributed by atoms with Gasteiger partial charge in [0, 0.05) is 32.6 Å².